The Bertz CT molecular complexity index is 585. The highest BCUT2D eigenvalue weighted by Crippen LogP contribution is 2.20. The maximum absolute atomic E-state index is 10.5. The molecule has 20 heavy (non-hydrogen) atoms. The molecule has 4 nitrogen and oxygen atoms in total. The Morgan fingerprint density at radius 2 is 1.95 bits per heavy atom. The molecule has 2 aromatic rings. The minimum atomic E-state index is -0.435. The number of hydrogen-bond donors (Lipinski definition) is 1. The molecule has 1 N–H and O–H groups in total. The van der Waals surface area contributed by atoms with Gasteiger partial charge < -0.3 is 9.67 Å². The van der Waals surface area contributed by atoms with Crippen LogP contribution in [0, 0.1) is 13.8 Å². The number of rotatable bonds is 3. The molecule has 1 aromatic carbocycles. The van der Waals surface area contributed by atoms with E-state index in [0.717, 1.165) is 31.0 Å². The van der Waals surface area contributed by atoms with Gasteiger partial charge in [0.05, 0.1) is 12.6 Å². The number of nitrogens with zero attached hydrogens (tertiary/aromatic N) is 3. The minimum absolute atomic E-state index is 0.435. The molecule has 0 saturated heterocycles. The number of aliphatic hydroxyl groups excluding tert-OH is 1. The van der Waals surface area contributed by atoms with Crippen molar-refractivity contribution in [2.24, 2.45) is 0 Å². The fraction of sp³-hybridized carbons (Fsp3) is 0.438. The summed E-state index contributed by atoms with van der Waals surface area (Å²) in [5, 5.41) is 10.5. The van der Waals surface area contributed by atoms with E-state index in [2.05, 4.69) is 46.5 Å². The zero-order valence-electron chi connectivity index (χ0n) is 12.1. The predicted octanol–water partition coefficient (Wildman–Crippen LogP) is 2.05. The summed E-state index contributed by atoms with van der Waals surface area (Å²) in [5.74, 6) is 1.09. The van der Waals surface area contributed by atoms with Crippen LogP contribution < -0.4 is 0 Å². The number of aryl methyl sites for hydroxylation is 2. The third kappa shape index (κ3) is 2.76. The number of hydrogen-bond acceptors (Lipinski definition) is 3. The van der Waals surface area contributed by atoms with Crippen LogP contribution >= 0.6 is 0 Å². The van der Waals surface area contributed by atoms with E-state index >= 15 is 0 Å². The van der Waals surface area contributed by atoms with Crippen LogP contribution in [-0.4, -0.2) is 32.6 Å². The Kier molecular flexibility index (Phi) is 3.59. The first-order valence-corrected chi connectivity index (χ1v) is 7.10. The second kappa shape index (κ2) is 5.38. The lowest BCUT2D eigenvalue weighted by Crippen LogP contribution is -2.36. The first-order valence-electron chi connectivity index (χ1n) is 7.10. The molecule has 4 heteroatoms. The second-order valence-electron chi connectivity index (χ2n) is 5.71. The summed E-state index contributed by atoms with van der Waals surface area (Å²) in [6.45, 7) is 7.53. The Balaban J connectivity index is 1.69. The van der Waals surface area contributed by atoms with E-state index in [0.29, 0.717) is 6.54 Å². The highest BCUT2D eigenvalue weighted by atomic mass is 16.3. The molecular formula is C16H21N3O. The van der Waals surface area contributed by atoms with Crippen LogP contribution in [0.5, 0.6) is 0 Å². The van der Waals surface area contributed by atoms with Gasteiger partial charge in [0.1, 0.15) is 5.82 Å². The van der Waals surface area contributed by atoms with E-state index in [9.17, 15) is 5.11 Å². The van der Waals surface area contributed by atoms with E-state index in [4.69, 9.17) is 0 Å². The quantitative estimate of drug-likeness (QED) is 0.929. The molecule has 0 bridgehead atoms. The lowest BCUT2D eigenvalue weighted by molar-refractivity contribution is 0.0962. The topological polar surface area (TPSA) is 41.3 Å². The molecule has 0 saturated carbocycles. The van der Waals surface area contributed by atoms with Crippen molar-refractivity contribution >= 4 is 0 Å². The Hall–Kier alpha value is -1.65. The summed E-state index contributed by atoms with van der Waals surface area (Å²) < 4.78 is 2.18. The summed E-state index contributed by atoms with van der Waals surface area (Å²) in [4.78, 5) is 6.62. The third-order valence-electron chi connectivity index (χ3n) is 3.88. The largest absolute Gasteiger partial charge is 0.387 e. The van der Waals surface area contributed by atoms with Crippen LogP contribution in [0.25, 0.3) is 0 Å². The van der Waals surface area contributed by atoms with E-state index in [1.165, 1.54) is 11.1 Å². The standard InChI is InChI=1S/C16H21N3O/c1-12-7-13(2)9-14(8-12)15(20)10-18-5-6-19-4-3-17-16(19)11-18/h3-4,7-9,15,20H,5-6,10-11H2,1-2H3. The maximum atomic E-state index is 10.5. The van der Waals surface area contributed by atoms with Gasteiger partial charge >= 0.3 is 0 Å². The summed E-state index contributed by atoms with van der Waals surface area (Å²) in [6.07, 6.45) is 3.43. The Morgan fingerprint density at radius 1 is 1.20 bits per heavy atom. The van der Waals surface area contributed by atoms with Crippen LogP contribution in [0.15, 0.2) is 30.6 Å². The zero-order valence-corrected chi connectivity index (χ0v) is 12.1. The number of fused-ring (bicyclic) bond motifs is 1. The predicted molar refractivity (Wildman–Crippen MR) is 78.4 cm³/mol. The zero-order chi connectivity index (χ0) is 14.1. The van der Waals surface area contributed by atoms with Gasteiger partial charge in [-0.25, -0.2) is 4.98 Å². The summed E-state index contributed by atoms with van der Waals surface area (Å²) >= 11 is 0. The molecule has 2 heterocycles. The molecule has 1 aliphatic heterocycles. The molecule has 1 aliphatic rings. The van der Waals surface area contributed by atoms with Crippen molar-refractivity contribution in [1.82, 2.24) is 14.5 Å². The fourth-order valence-corrected chi connectivity index (χ4v) is 2.93. The number of imidazole rings is 1. The molecule has 1 aromatic heterocycles. The maximum Gasteiger partial charge on any atom is 0.122 e. The highest BCUT2D eigenvalue weighted by molar-refractivity contribution is 5.30. The first-order chi connectivity index (χ1) is 9.61. The van der Waals surface area contributed by atoms with E-state index in [-0.39, 0.29) is 0 Å². The molecule has 0 amide bonds. The molecule has 0 radical (unpaired) electrons. The number of aliphatic hydroxyl groups is 1. The number of aromatic nitrogens is 2. The summed E-state index contributed by atoms with van der Waals surface area (Å²) in [6, 6.07) is 6.28. The number of β-amino-alcohol motifs (C(OH)–C–C–N with tert-alkyl or cyclic N) is 1. The van der Waals surface area contributed by atoms with Crippen molar-refractivity contribution in [3.63, 3.8) is 0 Å². The molecule has 1 atom stereocenters. The van der Waals surface area contributed by atoms with Crippen molar-refractivity contribution in [3.8, 4) is 0 Å². The third-order valence-corrected chi connectivity index (χ3v) is 3.88. The lowest BCUT2D eigenvalue weighted by atomic mass is 10.0. The van der Waals surface area contributed by atoms with Crippen molar-refractivity contribution < 1.29 is 5.11 Å². The average Bonchev–Trinajstić information content (AvgIpc) is 2.85. The molecule has 106 valence electrons. The van der Waals surface area contributed by atoms with Crippen molar-refractivity contribution in [2.45, 2.75) is 33.0 Å². The van der Waals surface area contributed by atoms with Crippen LogP contribution in [0.3, 0.4) is 0 Å². The molecule has 0 fully saturated rings. The van der Waals surface area contributed by atoms with E-state index < -0.39 is 6.10 Å². The number of benzene rings is 1. The normalized spacial score (nSPS) is 16.9. The van der Waals surface area contributed by atoms with Crippen LogP contribution in [0.4, 0.5) is 0 Å². The Morgan fingerprint density at radius 3 is 2.70 bits per heavy atom. The summed E-state index contributed by atoms with van der Waals surface area (Å²) in [5.41, 5.74) is 3.41. The highest BCUT2D eigenvalue weighted by Gasteiger charge is 2.20. The van der Waals surface area contributed by atoms with Gasteiger partial charge in [-0.3, -0.25) is 4.90 Å². The van der Waals surface area contributed by atoms with Crippen LogP contribution in [-0.2, 0) is 13.1 Å². The van der Waals surface area contributed by atoms with Crippen molar-refractivity contribution in [1.29, 1.82) is 0 Å². The van der Waals surface area contributed by atoms with Gasteiger partial charge in [0.25, 0.3) is 0 Å². The monoisotopic (exact) mass is 271 g/mol. The minimum Gasteiger partial charge on any atom is -0.387 e. The van der Waals surface area contributed by atoms with Crippen molar-refractivity contribution in [3.05, 3.63) is 53.1 Å². The van der Waals surface area contributed by atoms with Gasteiger partial charge in [0.2, 0.25) is 0 Å². The lowest BCUT2D eigenvalue weighted by Gasteiger charge is -2.29. The fourth-order valence-electron chi connectivity index (χ4n) is 2.93. The SMILES string of the molecule is Cc1cc(C)cc(C(O)CN2CCn3ccnc3C2)c1. The van der Waals surface area contributed by atoms with Gasteiger partial charge in [-0.05, 0) is 19.4 Å². The first kappa shape index (κ1) is 13.3. The van der Waals surface area contributed by atoms with Gasteiger partial charge in [-0.1, -0.05) is 29.3 Å². The molecule has 0 spiro atoms. The smallest absolute Gasteiger partial charge is 0.122 e. The molecule has 0 aliphatic carbocycles. The van der Waals surface area contributed by atoms with Crippen molar-refractivity contribution in [2.75, 3.05) is 13.1 Å². The van der Waals surface area contributed by atoms with Gasteiger partial charge in [-0.2, -0.15) is 0 Å². The molecule has 1 unspecified atom stereocenters. The van der Waals surface area contributed by atoms with Gasteiger partial charge in [0.15, 0.2) is 0 Å². The van der Waals surface area contributed by atoms with Gasteiger partial charge in [-0.15, -0.1) is 0 Å². The van der Waals surface area contributed by atoms with E-state index in [1.54, 1.807) is 0 Å². The Labute approximate surface area is 119 Å². The van der Waals surface area contributed by atoms with E-state index in [1.807, 2.05) is 12.4 Å². The van der Waals surface area contributed by atoms with Crippen LogP contribution in [0.2, 0.25) is 0 Å². The van der Waals surface area contributed by atoms with Crippen LogP contribution in [0.1, 0.15) is 28.6 Å². The second-order valence-corrected chi connectivity index (χ2v) is 5.71. The molecule has 3 rings (SSSR count). The average molecular weight is 271 g/mol. The molecular weight excluding hydrogens is 250 g/mol. The summed E-state index contributed by atoms with van der Waals surface area (Å²) in [7, 11) is 0. The van der Waals surface area contributed by atoms with Gasteiger partial charge in [0, 0.05) is 32.0 Å².